The summed E-state index contributed by atoms with van der Waals surface area (Å²) in [4.78, 5) is 26.9. The zero-order valence-electron chi connectivity index (χ0n) is 23.1. The summed E-state index contributed by atoms with van der Waals surface area (Å²) in [6.07, 6.45) is 2.85. The maximum absolute atomic E-state index is 12.9. The molecule has 1 aromatic carbocycles. The first-order valence-corrected chi connectivity index (χ1v) is 15.6. The molecule has 0 radical (unpaired) electrons. The zero-order valence-corrected chi connectivity index (χ0v) is 26.2. The molecule has 1 aliphatic rings. The molecule has 2 N–H and O–H groups in total. The molecule has 40 heavy (non-hydrogen) atoms. The summed E-state index contributed by atoms with van der Waals surface area (Å²) in [5.41, 5.74) is 2.27. The maximum Gasteiger partial charge on any atom is 0.251 e. The van der Waals surface area contributed by atoms with E-state index < -0.39 is 6.04 Å². The van der Waals surface area contributed by atoms with Gasteiger partial charge in [-0.1, -0.05) is 55.7 Å². The van der Waals surface area contributed by atoms with Crippen molar-refractivity contribution in [1.29, 1.82) is 5.26 Å². The standard InChI is InChI=1S/C28H32Cl2N6O2S2/c1-6-36-24(15(2)32-25(38)16-7-10-20(29)21(30)11-16)34-35-27(36)39-14-23(37)33-26-19(13-31)18-9-8-17(28(3,4)5)12-22(18)40-26/h7,10-11,15,17H,6,8-9,12,14H2,1-5H3,(H,32,38)(H,33,37)/t15-,17-/m0/s1. The Labute approximate surface area is 252 Å². The monoisotopic (exact) mass is 618 g/mol. The molecule has 2 aromatic heterocycles. The SMILES string of the molecule is CCn1c(SCC(=O)Nc2sc3c(c2C#N)CC[C@H](C(C)(C)C)C3)nnc1[C@H](C)NC(=O)c1ccc(Cl)c(Cl)c1. The minimum absolute atomic E-state index is 0.111. The van der Waals surface area contributed by atoms with Crippen LogP contribution < -0.4 is 10.6 Å². The number of fused-ring (bicyclic) bond motifs is 1. The summed E-state index contributed by atoms with van der Waals surface area (Å²) >= 11 is 14.8. The van der Waals surface area contributed by atoms with Gasteiger partial charge in [0.15, 0.2) is 11.0 Å². The second kappa shape index (κ2) is 12.5. The molecule has 212 valence electrons. The first-order chi connectivity index (χ1) is 18.9. The highest BCUT2D eigenvalue weighted by Gasteiger charge is 2.32. The summed E-state index contributed by atoms with van der Waals surface area (Å²) < 4.78 is 1.87. The molecule has 3 aromatic rings. The van der Waals surface area contributed by atoms with Gasteiger partial charge >= 0.3 is 0 Å². The minimum atomic E-state index is -0.440. The van der Waals surface area contributed by atoms with Crippen LogP contribution in [0.25, 0.3) is 0 Å². The molecule has 0 bridgehead atoms. The maximum atomic E-state index is 12.9. The molecule has 2 amide bonds. The van der Waals surface area contributed by atoms with E-state index in [0.717, 1.165) is 24.8 Å². The molecule has 1 aliphatic carbocycles. The van der Waals surface area contributed by atoms with Gasteiger partial charge in [0.25, 0.3) is 5.91 Å². The van der Waals surface area contributed by atoms with Gasteiger partial charge in [0.05, 0.1) is 27.4 Å². The topological polar surface area (TPSA) is 113 Å². The summed E-state index contributed by atoms with van der Waals surface area (Å²) in [6, 6.07) is 6.57. The Bertz CT molecular complexity index is 1470. The van der Waals surface area contributed by atoms with Crippen LogP contribution in [0.15, 0.2) is 23.4 Å². The Hall–Kier alpha value is -2.58. The van der Waals surface area contributed by atoms with Gasteiger partial charge in [0.2, 0.25) is 5.91 Å². The van der Waals surface area contributed by atoms with Gasteiger partial charge in [-0.2, -0.15) is 5.26 Å². The van der Waals surface area contributed by atoms with Crippen LogP contribution in [0.1, 0.15) is 79.3 Å². The van der Waals surface area contributed by atoms with Gasteiger partial charge in [-0.15, -0.1) is 21.5 Å². The van der Waals surface area contributed by atoms with Crippen molar-refractivity contribution in [3.63, 3.8) is 0 Å². The molecule has 0 fully saturated rings. The molecule has 12 heteroatoms. The Morgan fingerprint density at radius 3 is 2.67 bits per heavy atom. The number of thioether (sulfide) groups is 1. The zero-order chi connectivity index (χ0) is 29.2. The molecule has 0 saturated carbocycles. The Morgan fingerprint density at radius 1 is 1.27 bits per heavy atom. The van der Waals surface area contributed by atoms with Crippen LogP contribution >= 0.6 is 46.3 Å². The Kier molecular flexibility index (Phi) is 9.51. The molecule has 0 saturated heterocycles. The van der Waals surface area contributed by atoms with E-state index in [2.05, 4.69) is 47.7 Å². The van der Waals surface area contributed by atoms with E-state index in [1.54, 1.807) is 12.1 Å². The van der Waals surface area contributed by atoms with Gasteiger partial charge in [-0.25, -0.2) is 0 Å². The fourth-order valence-corrected chi connectivity index (χ4v) is 7.23. The third-order valence-corrected chi connectivity index (χ3v) is 10.0. The number of anilines is 1. The van der Waals surface area contributed by atoms with E-state index in [1.807, 2.05) is 18.4 Å². The number of hydrogen-bond donors (Lipinski definition) is 2. The number of thiophene rings is 1. The number of carbonyl (C=O) groups excluding carboxylic acids is 2. The van der Waals surface area contributed by atoms with Crippen molar-refractivity contribution < 1.29 is 9.59 Å². The van der Waals surface area contributed by atoms with Crippen LogP contribution in [0.4, 0.5) is 5.00 Å². The third kappa shape index (κ3) is 6.65. The van der Waals surface area contributed by atoms with Crippen molar-refractivity contribution in [3.05, 3.63) is 55.6 Å². The number of nitrogens with one attached hydrogen (secondary N) is 2. The molecule has 0 spiro atoms. The first kappa shape index (κ1) is 30.4. The molecule has 8 nitrogen and oxygen atoms in total. The molecular formula is C28H32Cl2N6O2S2. The Morgan fingerprint density at radius 2 is 2.02 bits per heavy atom. The van der Waals surface area contributed by atoms with Crippen molar-refractivity contribution in [2.75, 3.05) is 11.1 Å². The predicted molar refractivity (Wildman–Crippen MR) is 161 cm³/mol. The lowest BCUT2D eigenvalue weighted by molar-refractivity contribution is -0.113. The van der Waals surface area contributed by atoms with Gasteiger partial charge in [-0.3, -0.25) is 9.59 Å². The molecule has 0 aliphatic heterocycles. The third-order valence-electron chi connectivity index (χ3n) is 7.17. The van der Waals surface area contributed by atoms with Crippen LogP contribution in [-0.2, 0) is 24.2 Å². The normalized spacial score (nSPS) is 15.7. The van der Waals surface area contributed by atoms with Crippen molar-refractivity contribution in [3.8, 4) is 6.07 Å². The van der Waals surface area contributed by atoms with Crippen molar-refractivity contribution in [2.24, 2.45) is 11.3 Å². The predicted octanol–water partition coefficient (Wildman–Crippen LogP) is 6.91. The molecule has 2 atom stereocenters. The number of benzene rings is 1. The highest BCUT2D eigenvalue weighted by atomic mass is 35.5. The van der Waals surface area contributed by atoms with Crippen molar-refractivity contribution >= 4 is 63.1 Å². The van der Waals surface area contributed by atoms with Crippen LogP contribution in [0.2, 0.25) is 10.0 Å². The van der Waals surface area contributed by atoms with Crippen LogP contribution in [0, 0.1) is 22.7 Å². The van der Waals surface area contributed by atoms with Gasteiger partial charge in [-0.05, 0) is 68.2 Å². The van der Waals surface area contributed by atoms with Crippen LogP contribution in [0.5, 0.6) is 0 Å². The van der Waals surface area contributed by atoms with E-state index in [1.165, 1.54) is 34.0 Å². The van der Waals surface area contributed by atoms with Gasteiger partial charge < -0.3 is 15.2 Å². The average molecular weight is 620 g/mol. The van der Waals surface area contributed by atoms with Gasteiger partial charge in [0.1, 0.15) is 11.1 Å². The van der Waals surface area contributed by atoms with E-state index in [9.17, 15) is 14.9 Å². The molecule has 4 rings (SSSR count). The first-order valence-electron chi connectivity index (χ1n) is 13.1. The minimum Gasteiger partial charge on any atom is -0.342 e. The fraction of sp³-hybridized carbons (Fsp3) is 0.464. The summed E-state index contributed by atoms with van der Waals surface area (Å²) in [6.45, 7) is 11.1. The van der Waals surface area contributed by atoms with E-state index in [-0.39, 0.29) is 23.0 Å². The average Bonchev–Trinajstić information content (AvgIpc) is 3.48. The largest absolute Gasteiger partial charge is 0.342 e. The van der Waals surface area contributed by atoms with E-state index in [4.69, 9.17) is 23.2 Å². The quantitative estimate of drug-likeness (QED) is 0.265. The Balaban J connectivity index is 1.40. The number of nitrogens with zero attached hydrogens (tertiary/aromatic N) is 4. The highest BCUT2D eigenvalue weighted by molar-refractivity contribution is 7.99. The van der Waals surface area contributed by atoms with E-state index >= 15 is 0 Å². The van der Waals surface area contributed by atoms with Crippen LogP contribution in [-0.4, -0.2) is 32.3 Å². The van der Waals surface area contributed by atoms with Crippen molar-refractivity contribution in [2.45, 2.75) is 71.6 Å². The lowest BCUT2D eigenvalue weighted by Crippen LogP contribution is -2.28. The van der Waals surface area contributed by atoms with E-state index in [0.29, 0.717) is 49.6 Å². The molecular weight excluding hydrogens is 587 g/mol. The summed E-state index contributed by atoms with van der Waals surface area (Å²) in [5, 5.41) is 26.1. The van der Waals surface area contributed by atoms with Crippen molar-refractivity contribution in [1.82, 2.24) is 20.1 Å². The second-order valence-electron chi connectivity index (χ2n) is 10.9. The number of aromatic nitrogens is 3. The fourth-order valence-electron chi connectivity index (χ4n) is 4.83. The molecule has 0 unspecified atom stereocenters. The smallest absolute Gasteiger partial charge is 0.251 e. The number of halogens is 2. The number of amides is 2. The van der Waals surface area contributed by atoms with Gasteiger partial charge in [0, 0.05) is 17.0 Å². The lowest BCUT2D eigenvalue weighted by atomic mass is 9.72. The number of nitriles is 1. The number of hydrogen-bond acceptors (Lipinski definition) is 7. The number of carbonyl (C=O) groups is 2. The molecule has 2 heterocycles. The lowest BCUT2D eigenvalue weighted by Gasteiger charge is -2.33. The summed E-state index contributed by atoms with van der Waals surface area (Å²) in [5.74, 6) is 0.715. The van der Waals surface area contributed by atoms with Crippen LogP contribution in [0.3, 0.4) is 0 Å². The number of rotatable bonds is 8. The highest BCUT2D eigenvalue weighted by Crippen LogP contribution is 2.44. The second-order valence-corrected chi connectivity index (χ2v) is 13.7. The summed E-state index contributed by atoms with van der Waals surface area (Å²) in [7, 11) is 0.